The molecule has 0 atom stereocenters. The highest BCUT2D eigenvalue weighted by molar-refractivity contribution is 7.92. The van der Waals surface area contributed by atoms with Crippen molar-refractivity contribution in [1.29, 1.82) is 0 Å². The zero-order valence-corrected chi connectivity index (χ0v) is 22.0. The quantitative estimate of drug-likeness (QED) is 0.308. The molecule has 2 aromatic carbocycles. The molecule has 3 aromatic rings. The van der Waals surface area contributed by atoms with Crippen LogP contribution in [-0.2, 0) is 25.6 Å². The minimum absolute atomic E-state index is 0.153. The van der Waals surface area contributed by atoms with Crippen LogP contribution < -0.4 is 20.7 Å². The predicted molar refractivity (Wildman–Crippen MR) is 139 cm³/mol. The summed E-state index contributed by atoms with van der Waals surface area (Å²) < 4.78 is 43.6. The Balaban J connectivity index is 2.02. The maximum absolute atomic E-state index is 12.9. The standard InChI is InChI=1S/C24H29N4O5PS/c1-16(2)35(31,32)23-9-7-6-8-17(23)12-20-21(26-15-29)14-25-24(28-20)27-19-11-10-18(34(4,5)30)13-22(19)33-3/h6-11,13-16H,12H2,1-5H3,(H,26,29)(H,25,27,28). The molecule has 0 aliphatic heterocycles. The summed E-state index contributed by atoms with van der Waals surface area (Å²) in [4.78, 5) is 20.2. The van der Waals surface area contributed by atoms with Crippen LogP contribution in [0.25, 0.3) is 0 Å². The third kappa shape index (κ3) is 6.07. The summed E-state index contributed by atoms with van der Waals surface area (Å²) in [6.07, 6.45) is 2.12. The van der Waals surface area contributed by atoms with Gasteiger partial charge in [-0.2, -0.15) is 0 Å². The first kappa shape index (κ1) is 26.4. The first-order valence-electron chi connectivity index (χ1n) is 10.9. The molecule has 11 heteroatoms. The zero-order chi connectivity index (χ0) is 25.8. The van der Waals surface area contributed by atoms with Gasteiger partial charge >= 0.3 is 0 Å². The van der Waals surface area contributed by atoms with E-state index in [2.05, 4.69) is 20.6 Å². The second-order valence-electron chi connectivity index (χ2n) is 8.55. The van der Waals surface area contributed by atoms with Crippen LogP contribution in [0.15, 0.2) is 53.6 Å². The fraction of sp³-hybridized carbons (Fsp3) is 0.292. The van der Waals surface area contributed by atoms with Gasteiger partial charge in [0, 0.05) is 11.7 Å². The van der Waals surface area contributed by atoms with Gasteiger partial charge < -0.3 is 19.9 Å². The fourth-order valence-corrected chi connectivity index (χ4v) is 5.54. The molecule has 0 saturated carbocycles. The number of carbonyl (C=O) groups is 1. The normalized spacial score (nSPS) is 11.8. The summed E-state index contributed by atoms with van der Waals surface area (Å²) in [7, 11) is -4.49. The molecule has 3 rings (SSSR count). The van der Waals surface area contributed by atoms with E-state index in [0.717, 1.165) is 0 Å². The molecule has 186 valence electrons. The summed E-state index contributed by atoms with van der Waals surface area (Å²) in [5.41, 5.74) is 1.92. The van der Waals surface area contributed by atoms with Crippen LogP contribution >= 0.6 is 7.14 Å². The number of nitrogens with zero attached hydrogens (tertiary/aromatic N) is 2. The number of benzene rings is 2. The second kappa shape index (κ2) is 10.6. The minimum Gasteiger partial charge on any atom is -0.495 e. The molecular formula is C24H29N4O5PS. The van der Waals surface area contributed by atoms with Gasteiger partial charge in [0.2, 0.25) is 12.4 Å². The lowest BCUT2D eigenvalue weighted by molar-refractivity contribution is -0.105. The van der Waals surface area contributed by atoms with Crippen LogP contribution in [0.2, 0.25) is 0 Å². The lowest BCUT2D eigenvalue weighted by atomic mass is 10.1. The number of anilines is 3. The van der Waals surface area contributed by atoms with E-state index in [9.17, 15) is 17.8 Å². The Morgan fingerprint density at radius 1 is 1.11 bits per heavy atom. The molecule has 0 bridgehead atoms. The van der Waals surface area contributed by atoms with E-state index in [4.69, 9.17) is 4.74 Å². The van der Waals surface area contributed by atoms with Crippen LogP contribution in [0.4, 0.5) is 17.3 Å². The van der Waals surface area contributed by atoms with Crippen molar-refractivity contribution in [3.8, 4) is 5.75 Å². The van der Waals surface area contributed by atoms with E-state index >= 15 is 0 Å². The average Bonchev–Trinajstić information content (AvgIpc) is 2.80. The number of aromatic nitrogens is 2. The van der Waals surface area contributed by atoms with E-state index in [-0.39, 0.29) is 17.3 Å². The molecule has 0 spiro atoms. The topological polar surface area (TPSA) is 127 Å². The van der Waals surface area contributed by atoms with Crippen molar-refractivity contribution in [2.75, 3.05) is 31.1 Å². The highest BCUT2D eigenvalue weighted by atomic mass is 32.2. The SMILES string of the molecule is COc1cc(P(C)(C)=O)ccc1Nc1ncc(NC=O)c(Cc2ccccc2S(=O)(=O)C(C)C)n1. The van der Waals surface area contributed by atoms with Crippen molar-refractivity contribution in [3.05, 3.63) is 59.9 Å². The lowest BCUT2D eigenvalue weighted by Gasteiger charge is -2.16. The van der Waals surface area contributed by atoms with E-state index in [0.29, 0.717) is 40.1 Å². The van der Waals surface area contributed by atoms with Gasteiger partial charge in [0.1, 0.15) is 12.9 Å². The number of nitrogens with one attached hydrogen (secondary N) is 2. The number of sulfone groups is 1. The van der Waals surface area contributed by atoms with Gasteiger partial charge in [-0.15, -0.1) is 0 Å². The predicted octanol–water partition coefficient (Wildman–Crippen LogP) is 3.82. The van der Waals surface area contributed by atoms with Gasteiger partial charge in [-0.3, -0.25) is 4.79 Å². The number of ether oxygens (including phenoxy) is 1. The van der Waals surface area contributed by atoms with Gasteiger partial charge in [-0.05, 0) is 57.0 Å². The summed E-state index contributed by atoms with van der Waals surface area (Å²) in [6, 6.07) is 11.9. The van der Waals surface area contributed by atoms with E-state index in [1.807, 2.05) is 0 Å². The van der Waals surface area contributed by atoms with Crippen molar-refractivity contribution in [1.82, 2.24) is 9.97 Å². The van der Waals surface area contributed by atoms with Crippen molar-refractivity contribution >= 4 is 46.0 Å². The molecule has 1 heterocycles. The summed E-state index contributed by atoms with van der Waals surface area (Å²) in [5, 5.41) is 5.75. The number of carbonyl (C=O) groups excluding carboxylic acids is 1. The molecule has 0 aliphatic rings. The number of amides is 1. The Morgan fingerprint density at radius 3 is 2.46 bits per heavy atom. The molecule has 2 N–H and O–H groups in total. The molecule has 0 aliphatic carbocycles. The van der Waals surface area contributed by atoms with Crippen molar-refractivity contribution in [3.63, 3.8) is 0 Å². The molecule has 0 radical (unpaired) electrons. The van der Waals surface area contributed by atoms with Crippen molar-refractivity contribution in [2.45, 2.75) is 30.4 Å². The Labute approximate surface area is 205 Å². The monoisotopic (exact) mass is 516 g/mol. The Bertz CT molecular complexity index is 1390. The fourth-order valence-electron chi connectivity index (χ4n) is 3.40. The maximum Gasteiger partial charge on any atom is 0.227 e. The number of hydrogen-bond donors (Lipinski definition) is 2. The number of rotatable bonds is 10. The molecule has 0 unspecified atom stereocenters. The molecule has 1 amide bonds. The van der Waals surface area contributed by atoms with Crippen molar-refractivity contribution in [2.24, 2.45) is 0 Å². The first-order valence-corrected chi connectivity index (χ1v) is 15.0. The zero-order valence-electron chi connectivity index (χ0n) is 20.3. The van der Waals surface area contributed by atoms with Crippen LogP contribution in [0.3, 0.4) is 0 Å². The van der Waals surface area contributed by atoms with Crippen LogP contribution in [0.1, 0.15) is 25.1 Å². The van der Waals surface area contributed by atoms with Crippen LogP contribution in [0.5, 0.6) is 5.75 Å². The second-order valence-corrected chi connectivity index (χ2v) is 14.2. The molecule has 0 fully saturated rings. The number of hydrogen-bond acceptors (Lipinski definition) is 8. The largest absolute Gasteiger partial charge is 0.495 e. The van der Waals surface area contributed by atoms with Crippen LogP contribution in [-0.4, -0.2) is 50.5 Å². The van der Waals surface area contributed by atoms with Gasteiger partial charge in [0.25, 0.3) is 0 Å². The van der Waals surface area contributed by atoms with Gasteiger partial charge in [-0.1, -0.05) is 18.2 Å². The summed E-state index contributed by atoms with van der Waals surface area (Å²) >= 11 is 0. The Kier molecular flexibility index (Phi) is 7.97. The summed E-state index contributed by atoms with van der Waals surface area (Å²) in [5.74, 6) is 0.697. The van der Waals surface area contributed by atoms with Crippen molar-refractivity contribution < 1.29 is 22.5 Å². The molecular weight excluding hydrogens is 487 g/mol. The Morgan fingerprint density at radius 2 is 1.83 bits per heavy atom. The lowest BCUT2D eigenvalue weighted by Crippen LogP contribution is -2.16. The highest BCUT2D eigenvalue weighted by Gasteiger charge is 2.23. The van der Waals surface area contributed by atoms with E-state index in [1.165, 1.54) is 13.3 Å². The van der Waals surface area contributed by atoms with E-state index < -0.39 is 22.2 Å². The first-order chi connectivity index (χ1) is 16.5. The average molecular weight is 517 g/mol. The number of methoxy groups -OCH3 is 1. The van der Waals surface area contributed by atoms with Gasteiger partial charge in [0.15, 0.2) is 9.84 Å². The minimum atomic E-state index is -3.53. The molecule has 9 nitrogen and oxygen atoms in total. The van der Waals surface area contributed by atoms with Gasteiger partial charge in [0.05, 0.1) is 40.5 Å². The molecule has 0 saturated heterocycles. The third-order valence-corrected chi connectivity index (χ3v) is 9.17. The van der Waals surface area contributed by atoms with E-state index in [1.54, 1.807) is 69.6 Å². The Hall–Kier alpha value is -3.23. The highest BCUT2D eigenvalue weighted by Crippen LogP contribution is 2.38. The third-order valence-electron chi connectivity index (χ3n) is 5.39. The van der Waals surface area contributed by atoms with Gasteiger partial charge in [-0.25, -0.2) is 18.4 Å². The molecule has 1 aromatic heterocycles. The summed E-state index contributed by atoms with van der Waals surface area (Å²) in [6.45, 7) is 6.63. The smallest absolute Gasteiger partial charge is 0.227 e. The molecule has 35 heavy (non-hydrogen) atoms. The van der Waals surface area contributed by atoms with Crippen LogP contribution in [0, 0.1) is 0 Å². The maximum atomic E-state index is 12.9.